The number of aromatic nitrogens is 3. The Hall–Kier alpha value is -3.20. The Morgan fingerprint density at radius 1 is 1.16 bits per heavy atom. The molecule has 9 heteroatoms. The minimum atomic E-state index is -0.262. The van der Waals surface area contributed by atoms with Gasteiger partial charge >= 0.3 is 0 Å². The molecule has 2 aromatic carbocycles. The fourth-order valence-electron chi connectivity index (χ4n) is 3.63. The summed E-state index contributed by atoms with van der Waals surface area (Å²) < 4.78 is 14.8. The number of halogens is 1. The standard InChI is InChI=1S/C23H24FN5O2S/c1-28-20(26-27-23(28)32-15-16-7-9-19(24)10-8-16)12-25-21(30)14-29-13-18(11-22(29)31)17-5-3-2-4-6-17/h2-10,18H,11-15H2,1H3,(H,25,30). The molecular formula is C23H24FN5O2S. The van der Waals surface area contributed by atoms with Crippen LogP contribution >= 0.6 is 11.8 Å². The Bertz CT molecular complexity index is 1090. The second-order valence-electron chi connectivity index (χ2n) is 7.74. The molecule has 0 radical (unpaired) electrons. The highest BCUT2D eigenvalue weighted by Crippen LogP contribution is 2.27. The number of carbonyl (C=O) groups excluding carboxylic acids is 2. The molecule has 1 aromatic heterocycles. The number of rotatable bonds is 8. The molecule has 2 heterocycles. The van der Waals surface area contributed by atoms with Gasteiger partial charge in [0.15, 0.2) is 11.0 Å². The molecule has 0 spiro atoms. The van der Waals surface area contributed by atoms with Gasteiger partial charge in [-0.2, -0.15) is 0 Å². The minimum Gasteiger partial charge on any atom is -0.347 e. The Kier molecular flexibility index (Phi) is 6.84. The fourth-order valence-corrected chi connectivity index (χ4v) is 4.52. The van der Waals surface area contributed by atoms with Crippen molar-refractivity contribution in [2.24, 2.45) is 7.05 Å². The SMILES string of the molecule is Cn1c(CNC(=O)CN2CC(c3ccccc3)CC2=O)nnc1SCc1ccc(F)cc1. The van der Waals surface area contributed by atoms with Gasteiger partial charge in [-0.1, -0.05) is 54.2 Å². The van der Waals surface area contributed by atoms with E-state index >= 15 is 0 Å². The van der Waals surface area contributed by atoms with Crippen molar-refractivity contribution in [3.8, 4) is 0 Å². The molecular weight excluding hydrogens is 429 g/mol. The molecule has 2 amide bonds. The number of amides is 2. The number of thioether (sulfide) groups is 1. The zero-order chi connectivity index (χ0) is 22.5. The number of nitrogens with zero attached hydrogens (tertiary/aromatic N) is 4. The summed E-state index contributed by atoms with van der Waals surface area (Å²) in [6.07, 6.45) is 0.426. The van der Waals surface area contributed by atoms with Crippen LogP contribution in [0.1, 0.15) is 29.3 Å². The molecule has 1 aliphatic rings. The number of carbonyl (C=O) groups is 2. The lowest BCUT2D eigenvalue weighted by Gasteiger charge is -2.16. The van der Waals surface area contributed by atoms with Gasteiger partial charge < -0.3 is 14.8 Å². The molecule has 0 bridgehead atoms. The molecule has 3 aromatic rings. The van der Waals surface area contributed by atoms with Gasteiger partial charge in [0.1, 0.15) is 5.82 Å². The van der Waals surface area contributed by atoms with Crippen molar-refractivity contribution < 1.29 is 14.0 Å². The highest BCUT2D eigenvalue weighted by Gasteiger charge is 2.31. The molecule has 1 aliphatic heterocycles. The van der Waals surface area contributed by atoms with E-state index in [1.165, 1.54) is 23.9 Å². The van der Waals surface area contributed by atoms with Crippen LogP contribution in [0.15, 0.2) is 59.8 Å². The van der Waals surface area contributed by atoms with Crippen LogP contribution in [0, 0.1) is 5.82 Å². The summed E-state index contributed by atoms with van der Waals surface area (Å²) in [7, 11) is 1.84. The number of hydrogen-bond donors (Lipinski definition) is 1. The van der Waals surface area contributed by atoms with E-state index < -0.39 is 0 Å². The first-order valence-electron chi connectivity index (χ1n) is 10.3. The third-order valence-corrected chi connectivity index (χ3v) is 6.56. The lowest BCUT2D eigenvalue weighted by atomic mass is 9.99. The molecule has 166 valence electrons. The Labute approximate surface area is 190 Å². The van der Waals surface area contributed by atoms with Crippen LogP contribution in [0.2, 0.25) is 0 Å². The van der Waals surface area contributed by atoms with Gasteiger partial charge in [-0.25, -0.2) is 4.39 Å². The summed E-state index contributed by atoms with van der Waals surface area (Å²) in [5, 5.41) is 11.9. The normalized spacial score (nSPS) is 15.9. The molecule has 1 atom stereocenters. The van der Waals surface area contributed by atoms with Crippen molar-refractivity contribution in [2.75, 3.05) is 13.1 Å². The Morgan fingerprint density at radius 2 is 1.91 bits per heavy atom. The largest absolute Gasteiger partial charge is 0.347 e. The maximum atomic E-state index is 13.0. The van der Waals surface area contributed by atoms with Gasteiger partial charge in [-0.05, 0) is 23.3 Å². The Morgan fingerprint density at radius 3 is 2.66 bits per heavy atom. The highest BCUT2D eigenvalue weighted by molar-refractivity contribution is 7.98. The fraction of sp³-hybridized carbons (Fsp3) is 0.304. The summed E-state index contributed by atoms with van der Waals surface area (Å²) in [5.74, 6) is 0.883. The van der Waals surface area contributed by atoms with E-state index in [0.717, 1.165) is 11.1 Å². The molecule has 1 N–H and O–H groups in total. The number of hydrogen-bond acceptors (Lipinski definition) is 5. The third kappa shape index (κ3) is 5.34. The van der Waals surface area contributed by atoms with Crippen molar-refractivity contribution in [2.45, 2.75) is 29.8 Å². The number of benzene rings is 2. The Balaban J connectivity index is 1.26. The third-order valence-electron chi connectivity index (χ3n) is 5.47. The molecule has 7 nitrogen and oxygen atoms in total. The van der Waals surface area contributed by atoms with Crippen molar-refractivity contribution in [1.82, 2.24) is 25.0 Å². The first kappa shape index (κ1) is 22.0. The summed E-state index contributed by atoms with van der Waals surface area (Å²) in [6, 6.07) is 16.2. The maximum Gasteiger partial charge on any atom is 0.240 e. The van der Waals surface area contributed by atoms with E-state index in [0.29, 0.717) is 29.7 Å². The van der Waals surface area contributed by atoms with Gasteiger partial charge in [0.25, 0.3) is 0 Å². The average molecular weight is 454 g/mol. The van der Waals surface area contributed by atoms with Crippen LogP contribution in [0.3, 0.4) is 0 Å². The number of likely N-dealkylation sites (tertiary alicyclic amines) is 1. The lowest BCUT2D eigenvalue weighted by molar-refractivity contribution is -0.133. The van der Waals surface area contributed by atoms with Crippen molar-refractivity contribution in [3.63, 3.8) is 0 Å². The van der Waals surface area contributed by atoms with Crippen LogP contribution in [0.4, 0.5) is 4.39 Å². The summed E-state index contributed by atoms with van der Waals surface area (Å²) in [6.45, 7) is 0.806. The van der Waals surface area contributed by atoms with Crippen LogP contribution < -0.4 is 5.32 Å². The van der Waals surface area contributed by atoms with E-state index in [2.05, 4.69) is 15.5 Å². The molecule has 0 saturated carbocycles. The van der Waals surface area contributed by atoms with Crippen molar-refractivity contribution >= 4 is 23.6 Å². The predicted octanol–water partition coefficient (Wildman–Crippen LogP) is 2.88. The minimum absolute atomic E-state index is 0.00728. The molecule has 1 fully saturated rings. The quantitative estimate of drug-likeness (QED) is 0.531. The maximum absolute atomic E-state index is 13.0. The molecule has 0 aliphatic carbocycles. The second-order valence-corrected chi connectivity index (χ2v) is 8.68. The van der Waals surface area contributed by atoms with Gasteiger partial charge in [-0.3, -0.25) is 9.59 Å². The van der Waals surface area contributed by atoms with E-state index in [4.69, 9.17) is 0 Å². The van der Waals surface area contributed by atoms with E-state index in [-0.39, 0.29) is 36.6 Å². The molecule has 1 unspecified atom stereocenters. The van der Waals surface area contributed by atoms with Gasteiger partial charge in [0.05, 0.1) is 13.1 Å². The van der Waals surface area contributed by atoms with Crippen LogP contribution in [0.5, 0.6) is 0 Å². The molecule has 4 rings (SSSR count). The second kappa shape index (κ2) is 9.95. The van der Waals surface area contributed by atoms with E-state index in [1.54, 1.807) is 17.0 Å². The zero-order valence-corrected chi connectivity index (χ0v) is 18.5. The highest BCUT2D eigenvalue weighted by atomic mass is 32.2. The summed E-state index contributed by atoms with van der Waals surface area (Å²) in [5.41, 5.74) is 2.10. The van der Waals surface area contributed by atoms with Gasteiger partial charge in [0, 0.05) is 31.7 Å². The van der Waals surface area contributed by atoms with Gasteiger partial charge in [-0.15, -0.1) is 10.2 Å². The smallest absolute Gasteiger partial charge is 0.240 e. The monoisotopic (exact) mass is 453 g/mol. The van der Waals surface area contributed by atoms with E-state index in [1.807, 2.05) is 41.9 Å². The topological polar surface area (TPSA) is 80.1 Å². The van der Waals surface area contributed by atoms with Crippen molar-refractivity contribution in [1.29, 1.82) is 0 Å². The average Bonchev–Trinajstić information content (AvgIpc) is 3.34. The van der Waals surface area contributed by atoms with Crippen LogP contribution in [-0.4, -0.2) is 44.6 Å². The zero-order valence-electron chi connectivity index (χ0n) is 17.7. The predicted molar refractivity (Wildman–Crippen MR) is 119 cm³/mol. The first-order valence-corrected chi connectivity index (χ1v) is 11.3. The van der Waals surface area contributed by atoms with Crippen LogP contribution in [-0.2, 0) is 28.9 Å². The summed E-state index contributed by atoms with van der Waals surface area (Å²) in [4.78, 5) is 26.4. The lowest BCUT2D eigenvalue weighted by Crippen LogP contribution is -2.38. The van der Waals surface area contributed by atoms with Gasteiger partial charge in [0.2, 0.25) is 11.8 Å². The first-order chi connectivity index (χ1) is 15.5. The summed E-state index contributed by atoms with van der Waals surface area (Å²) >= 11 is 1.49. The molecule has 1 saturated heterocycles. The molecule has 32 heavy (non-hydrogen) atoms. The van der Waals surface area contributed by atoms with Crippen LogP contribution in [0.25, 0.3) is 0 Å². The number of nitrogens with one attached hydrogen (secondary N) is 1. The van der Waals surface area contributed by atoms with E-state index in [9.17, 15) is 14.0 Å². The van der Waals surface area contributed by atoms with Crippen molar-refractivity contribution in [3.05, 3.63) is 77.4 Å².